The summed E-state index contributed by atoms with van der Waals surface area (Å²) in [5, 5.41) is 1.88. The van der Waals surface area contributed by atoms with Crippen LogP contribution in [0, 0.1) is 6.92 Å². The van der Waals surface area contributed by atoms with Crippen molar-refractivity contribution in [1.82, 2.24) is 4.98 Å². The molecule has 0 spiro atoms. The van der Waals surface area contributed by atoms with Crippen LogP contribution >= 0.6 is 11.6 Å². The Hall–Kier alpha value is -2.71. The number of ether oxygens (including phenoxy) is 1. The quantitative estimate of drug-likeness (QED) is 0.455. The molecule has 3 heteroatoms. The number of nitrogens with one attached hydrogen (secondary N) is 1. The van der Waals surface area contributed by atoms with Crippen LogP contribution in [0.4, 0.5) is 0 Å². The molecule has 3 aromatic carbocycles. The third kappa shape index (κ3) is 3.26. The maximum absolute atomic E-state index is 6.18. The van der Waals surface area contributed by atoms with Gasteiger partial charge in [-0.25, -0.2) is 0 Å². The lowest BCUT2D eigenvalue weighted by Crippen LogP contribution is -1.94. The van der Waals surface area contributed by atoms with Gasteiger partial charge in [0.2, 0.25) is 0 Å². The number of benzene rings is 3. The third-order valence-electron chi connectivity index (χ3n) is 4.32. The zero-order valence-corrected chi connectivity index (χ0v) is 14.7. The van der Waals surface area contributed by atoms with Gasteiger partial charge in [-0.1, -0.05) is 54.1 Å². The Labute approximate surface area is 152 Å². The highest BCUT2D eigenvalue weighted by atomic mass is 35.5. The van der Waals surface area contributed by atoms with E-state index in [9.17, 15) is 0 Å². The summed E-state index contributed by atoms with van der Waals surface area (Å²) in [4.78, 5) is 3.45. The minimum Gasteiger partial charge on any atom is -0.489 e. The largest absolute Gasteiger partial charge is 0.489 e. The number of H-pyrrole nitrogens is 1. The molecule has 0 radical (unpaired) electrons. The summed E-state index contributed by atoms with van der Waals surface area (Å²) >= 11 is 6.18. The van der Waals surface area contributed by atoms with E-state index in [0.29, 0.717) is 6.61 Å². The smallest absolute Gasteiger partial charge is 0.120 e. The Morgan fingerprint density at radius 1 is 0.920 bits per heavy atom. The van der Waals surface area contributed by atoms with Gasteiger partial charge in [0, 0.05) is 27.2 Å². The Balaban J connectivity index is 1.71. The van der Waals surface area contributed by atoms with E-state index in [1.54, 1.807) is 0 Å². The van der Waals surface area contributed by atoms with Gasteiger partial charge in [0.25, 0.3) is 0 Å². The van der Waals surface area contributed by atoms with E-state index in [1.165, 1.54) is 5.56 Å². The Morgan fingerprint density at radius 2 is 1.76 bits per heavy atom. The number of aromatic amines is 1. The summed E-state index contributed by atoms with van der Waals surface area (Å²) < 4.78 is 5.98. The average Bonchev–Trinajstić information content (AvgIpc) is 2.96. The zero-order valence-electron chi connectivity index (χ0n) is 13.9. The predicted octanol–water partition coefficient (Wildman–Crippen LogP) is 6.38. The van der Waals surface area contributed by atoms with E-state index in [2.05, 4.69) is 42.2 Å². The highest BCUT2D eigenvalue weighted by Crippen LogP contribution is 2.35. The first-order valence-corrected chi connectivity index (χ1v) is 8.63. The van der Waals surface area contributed by atoms with Gasteiger partial charge in [-0.3, -0.25) is 0 Å². The molecule has 0 unspecified atom stereocenters. The normalized spacial score (nSPS) is 11.0. The molecule has 25 heavy (non-hydrogen) atoms. The van der Waals surface area contributed by atoms with Crippen molar-refractivity contribution >= 4 is 22.5 Å². The number of aryl methyl sites for hydroxylation is 1. The van der Waals surface area contributed by atoms with Gasteiger partial charge in [0.15, 0.2) is 0 Å². The summed E-state index contributed by atoms with van der Waals surface area (Å²) in [7, 11) is 0. The maximum Gasteiger partial charge on any atom is 0.120 e. The number of fused-ring (bicyclic) bond motifs is 1. The van der Waals surface area contributed by atoms with Crippen LogP contribution in [0.15, 0.2) is 72.8 Å². The molecule has 0 aliphatic rings. The molecular formula is C22H18ClNO. The predicted molar refractivity (Wildman–Crippen MR) is 104 cm³/mol. The number of hydrogen-bond acceptors (Lipinski definition) is 1. The van der Waals surface area contributed by atoms with Crippen molar-refractivity contribution in [3.05, 3.63) is 89.1 Å². The van der Waals surface area contributed by atoms with E-state index >= 15 is 0 Å². The van der Waals surface area contributed by atoms with Gasteiger partial charge in [-0.15, -0.1) is 0 Å². The topological polar surface area (TPSA) is 25.0 Å². The van der Waals surface area contributed by atoms with Crippen LogP contribution in [-0.4, -0.2) is 4.98 Å². The summed E-state index contributed by atoms with van der Waals surface area (Å²) in [6.45, 7) is 2.64. The lowest BCUT2D eigenvalue weighted by atomic mass is 10.0. The van der Waals surface area contributed by atoms with Gasteiger partial charge in [0.1, 0.15) is 12.4 Å². The molecule has 1 N–H and O–H groups in total. The highest BCUT2D eigenvalue weighted by molar-refractivity contribution is 6.30. The van der Waals surface area contributed by atoms with E-state index in [4.69, 9.17) is 16.3 Å². The van der Waals surface area contributed by atoms with Crippen LogP contribution in [0.3, 0.4) is 0 Å². The second kappa shape index (κ2) is 6.66. The van der Waals surface area contributed by atoms with Crippen molar-refractivity contribution in [1.29, 1.82) is 0 Å². The molecule has 1 heterocycles. The fourth-order valence-corrected chi connectivity index (χ4v) is 3.34. The molecule has 1 aromatic heterocycles. The lowest BCUT2D eigenvalue weighted by molar-refractivity contribution is 0.306. The molecule has 0 saturated heterocycles. The van der Waals surface area contributed by atoms with Crippen molar-refractivity contribution in [2.45, 2.75) is 13.5 Å². The molecule has 0 amide bonds. The van der Waals surface area contributed by atoms with Gasteiger partial charge in [-0.2, -0.15) is 0 Å². The van der Waals surface area contributed by atoms with Crippen LogP contribution < -0.4 is 4.74 Å². The van der Waals surface area contributed by atoms with E-state index in [-0.39, 0.29) is 0 Å². The maximum atomic E-state index is 6.18. The van der Waals surface area contributed by atoms with Gasteiger partial charge in [0.05, 0.1) is 0 Å². The summed E-state index contributed by atoms with van der Waals surface area (Å²) in [6.07, 6.45) is 0. The summed E-state index contributed by atoms with van der Waals surface area (Å²) in [5.74, 6) is 0.860. The second-order valence-corrected chi connectivity index (χ2v) is 6.55. The van der Waals surface area contributed by atoms with Crippen LogP contribution in [-0.2, 0) is 6.61 Å². The Bertz CT molecular complexity index is 1020. The zero-order chi connectivity index (χ0) is 17.2. The second-order valence-electron chi connectivity index (χ2n) is 6.12. The lowest BCUT2D eigenvalue weighted by Gasteiger charge is -2.07. The first-order chi connectivity index (χ1) is 12.2. The van der Waals surface area contributed by atoms with Crippen LogP contribution in [0.1, 0.15) is 11.3 Å². The molecule has 0 aliphatic heterocycles. The summed E-state index contributed by atoms with van der Waals surface area (Å²) in [5.41, 5.74) is 5.65. The standard InChI is InChI=1S/C22H18ClNO/c1-15-22(17-8-5-9-18(23)12-17)20-13-19(10-11-21(20)24-15)25-14-16-6-3-2-4-7-16/h2-13,24H,14H2,1H3. The van der Waals surface area contributed by atoms with Crippen LogP contribution in [0.5, 0.6) is 5.75 Å². The molecule has 4 rings (SSSR count). The van der Waals surface area contributed by atoms with Crippen molar-refractivity contribution in [3.8, 4) is 16.9 Å². The molecule has 124 valence electrons. The average molecular weight is 348 g/mol. The van der Waals surface area contributed by atoms with Crippen molar-refractivity contribution < 1.29 is 4.74 Å². The van der Waals surface area contributed by atoms with E-state index in [1.807, 2.05) is 42.5 Å². The number of aromatic nitrogens is 1. The molecule has 0 aliphatic carbocycles. The minimum absolute atomic E-state index is 0.558. The van der Waals surface area contributed by atoms with Crippen molar-refractivity contribution in [3.63, 3.8) is 0 Å². The van der Waals surface area contributed by atoms with E-state index < -0.39 is 0 Å². The molecule has 4 aromatic rings. The Kier molecular flexibility index (Phi) is 4.21. The SMILES string of the molecule is Cc1[nH]c2ccc(OCc3ccccc3)cc2c1-c1cccc(Cl)c1. The van der Waals surface area contributed by atoms with Gasteiger partial charge >= 0.3 is 0 Å². The summed E-state index contributed by atoms with van der Waals surface area (Å²) in [6, 6.07) is 24.3. The fourth-order valence-electron chi connectivity index (χ4n) is 3.15. The molecular weight excluding hydrogens is 330 g/mol. The molecule has 0 atom stereocenters. The van der Waals surface area contributed by atoms with Gasteiger partial charge < -0.3 is 9.72 Å². The highest BCUT2D eigenvalue weighted by Gasteiger charge is 2.12. The Morgan fingerprint density at radius 3 is 2.56 bits per heavy atom. The first kappa shape index (κ1) is 15.8. The third-order valence-corrected chi connectivity index (χ3v) is 4.55. The number of hydrogen-bond donors (Lipinski definition) is 1. The number of rotatable bonds is 4. The van der Waals surface area contributed by atoms with Gasteiger partial charge in [-0.05, 0) is 48.4 Å². The molecule has 2 nitrogen and oxygen atoms in total. The molecule has 0 fully saturated rings. The first-order valence-electron chi connectivity index (χ1n) is 8.26. The molecule has 0 saturated carbocycles. The monoisotopic (exact) mass is 347 g/mol. The van der Waals surface area contributed by atoms with Crippen LogP contribution in [0.2, 0.25) is 5.02 Å². The van der Waals surface area contributed by atoms with Crippen LogP contribution in [0.25, 0.3) is 22.0 Å². The number of halogens is 1. The molecule has 0 bridgehead atoms. The fraction of sp³-hybridized carbons (Fsp3) is 0.0909. The van der Waals surface area contributed by atoms with E-state index in [0.717, 1.165) is 38.5 Å². The minimum atomic E-state index is 0.558. The van der Waals surface area contributed by atoms with Crippen molar-refractivity contribution in [2.24, 2.45) is 0 Å². The van der Waals surface area contributed by atoms with Crippen molar-refractivity contribution in [2.75, 3.05) is 0 Å².